The van der Waals surface area contributed by atoms with Crippen LogP contribution in [0.3, 0.4) is 0 Å². The second kappa shape index (κ2) is 4.18. The van der Waals surface area contributed by atoms with Gasteiger partial charge in [-0.2, -0.15) is 0 Å². The van der Waals surface area contributed by atoms with Gasteiger partial charge in [0.1, 0.15) is 11.8 Å². The summed E-state index contributed by atoms with van der Waals surface area (Å²) in [4.78, 5) is 14.4. The molecule has 1 saturated carbocycles. The molecule has 92 valence electrons. The molecular formula is C13H18N2O2. The van der Waals surface area contributed by atoms with E-state index in [2.05, 4.69) is 5.32 Å². The Morgan fingerprint density at radius 1 is 1.53 bits per heavy atom. The molecule has 0 bridgehead atoms. The fraction of sp³-hybridized carbons (Fsp3) is 0.615. The molecule has 4 nitrogen and oxygen atoms in total. The van der Waals surface area contributed by atoms with Crippen LogP contribution in [0.25, 0.3) is 0 Å². The van der Waals surface area contributed by atoms with Gasteiger partial charge in [-0.15, -0.1) is 0 Å². The monoisotopic (exact) mass is 234 g/mol. The van der Waals surface area contributed by atoms with Crippen molar-refractivity contribution in [1.29, 1.82) is 0 Å². The Labute approximate surface area is 101 Å². The third kappa shape index (κ3) is 1.97. The van der Waals surface area contributed by atoms with Gasteiger partial charge < -0.3 is 14.6 Å². The lowest BCUT2D eigenvalue weighted by molar-refractivity contribution is -0.133. The van der Waals surface area contributed by atoms with Crippen molar-refractivity contribution in [3.05, 3.63) is 23.7 Å². The predicted octanol–water partition coefficient (Wildman–Crippen LogP) is 1.33. The molecule has 1 unspecified atom stereocenters. The number of likely N-dealkylation sites (N-methyl/N-ethyl adjacent to an activating group) is 1. The topological polar surface area (TPSA) is 45.5 Å². The molecule has 2 aliphatic rings. The van der Waals surface area contributed by atoms with Crippen molar-refractivity contribution in [2.75, 3.05) is 20.1 Å². The van der Waals surface area contributed by atoms with Crippen molar-refractivity contribution < 1.29 is 9.21 Å². The highest BCUT2D eigenvalue weighted by molar-refractivity contribution is 5.83. The Kier molecular flexibility index (Phi) is 2.67. The Bertz CT molecular complexity index is 423. The molecule has 1 aromatic rings. The molecule has 1 aromatic heterocycles. The number of hydrogen-bond acceptors (Lipinski definition) is 3. The van der Waals surface area contributed by atoms with Gasteiger partial charge in [-0.25, -0.2) is 0 Å². The molecule has 4 heteroatoms. The summed E-state index contributed by atoms with van der Waals surface area (Å²) in [5.41, 5.74) is 1.16. The van der Waals surface area contributed by atoms with Gasteiger partial charge >= 0.3 is 0 Å². The number of nitrogens with zero attached hydrogens (tertiary/aromatic N) is 1. The van der Waals surface area contributed by atoms with Gasteiger partial charge in [0.05, 0.1) is 6.26 Å². The summed E-state index contributed by atoms with van der Waals surface area (Å²) in [5.74, 6) is 1.70. The third-order valence-corrected chi connectivity index (χ3v) is 3.72. The Morgan fingerprint density at radius 2 is 2.35 bits per heavy atom. The lowest BCUT2D eigenvalue weighted by atomic mass is 10.1. The zero-order valence-electron chi connectivity index (χ0n) is 10.1. The van der Waals surface area contributed by atoms with Gasteiger partial charge in [-0.1, -0.05) is 0 Å². The molecule has 1 atom stereocenters. The number of carbonyl (C=O) groups excluding carboxylic acids is 1. The Morgan fingerprint density at radius 3 is 3.06 bits per heavy atom. The minimum atomic E-state index is -0.304. The van der Waals surface area contributed by atoms with Crippen LogP contribution < -0.4 is 5.32 Å². The Hall–Kier alpha value is -1.29. The summed E-state index contributed by atoms with van der Waals surface area (Å²) in [5, 5.41) is 3.07. The first-order valence-electron chi connectivity index (χ1n) is 6.32. The molecule has 1 aliphatic carbocycles. The number of rotatable bonds is 3. The number of nitrogens with one attached hydrogen (secondary N) is 1. The molecule has 1 aliphatic heterocycles. The van der Waals surface area contributed by atoms with E-state index in [1.165, 1.54) is 12.8 Å². The maximum absolute atomic E-state index is 12.4. The molecule has 17 heavy (non-hydrogen) atoms. The molecule has 0 saturated heterocycles. The molecule has 1 amide bonds. The van der Waals surface area contributed by atoms with Gasteiger partial charge in [0.2, 0.25) is 5.91 Å². The summed E-state index contributed by atoms with van der Waals surface area (Å²) >= 11 is 0. The van der Waals surface area contributed by atoms with E-state index in [9.17, 15) is 4.79 Å². The fourth-order valence-electron chi connectivity index (χ4n) is 2.52. The zero-order chi connectivity index (χ0) is 11.8. The van der Waals surface area contributed by atoms with Gasteiger partial charge in [-0.05, 0) is 43.9 Å². The molecule has 1 N–H and O–H groups in total. The average molecular weight is 234 g/mol. The van der Waals surface area contributed by atoms with Crippen LogP contribution in [0.5, 0.6) is 0 Å². The predicted molar refractivity (Wildman–Crippen MR) is 63.5 cm³/mol. The molecule has 1 fully saturated rings. The van der Waals surface area contributed by atoms with Gasteiger partial charge in [0.15, 0.2) is 0 Å². The van der Waals surface area contributed by atoms with E-state index in [4.69, 9.17) is 4.42 Å². The van der Waals surface area contributed by atoms with Gasteiger partial charge in [0, 0.05) is 13.1 Å². The van der Waals surface area contributed by atoms with Crippen LogP contribution in [0.15, 0.2) is 16.7 Å². The highest BCUT2D eigenvalue weighted by Crippen LogP contribution is 2.32. The second-order valence-corrected chi connectivity index (χ2v) is 5.01. The van der Waals surface area contributed by atoms with Crippen molar-refractivity contribution in [2.24, 2.45) is 5.92 Å². The van der Waals surface area contributed by atoms with Crippen LogP contribution in [0.4, 0.5) is 0 Å². The van der Waals surface area contributed by atoms with Crippen LogP contribution in [0.2, 0.25) is 0 Å². The van der Waals surface area contributed by atoms with Gasteiger partial charge in [0.25, 0.3) is 0 Å². The van der Waals surface area contributed by atoms with Crippen molar-refractivity contribution >= 4 is 5.91 Å². The van der Waals surface area contributed by atoms with E-state index in [0.29, 0.717) is 0 Å². The van der Waals surface area contributed by atoms with Gasteiger partial charge in [-0.3, -0.25) is 4.79 Å². The molecule has 0 spiro atoms. The first-order chi connectivity index (χ1) is 8.29. The van der Waals surface area contributed by atoms with Crippen LogP contribution in [0.1, 0.15) is 30.2 Å². The number of fused-ring (bicyclic) bond motifs is 1. The normalized spacial score (nSPS) is 24.6. The summed E-state index contributed by atoms with van der Waals surface area (Å²) < 4.78 is 5.47. The molecular weight excluding hydrogens is 216 g/mol. The molecule has 3 rings (SSSR count). The van der Waals surface area contributed by atoms with Crippen molar-refractivity contribution in [2.45, 2.75) is 25.3 Å². The van der Waals surface area contributed by atoms with Crippen LogP contribution in [-0.4, -0.2) is 30.9 Å². The summed E-state index contributed by atoms with van der Waals surface area (Å²) in [7, 11) is 1.81. The lowest BCUT2D eigenvalue weighted by Crippen LogP contribution is -2.40. The number of furan rings is 1. The lowest BCUT2D eigenvalue weighted by Gasteiger charge is -2.23. The molecule has 2 heterocycles. The van der Waals surface area contributed by atoms with Crippen LogP contribution >= 0.6 is 0 Å². The van der Waals surface area contributed by atoms with Crippen molar-refractivity contribution in [3.63, 3.8) is 0 Å². The third-order valence-electron chi connectivity index (χ3n) is 3.72. The maximum atomic E-state index is 12.4. The first kappa shape index (κ1) is 10.8. The Balaban J connectivity index is 1.84. The van der Waals surface area contributed by atoms with E-state index in [1.54, 1.807) is 6.26 Å². The van der Waals surface area contributed by atoms with Crippen molar-refractivity contribution in [3.8, 4) is 0 Å². The minimum absolute atomic E-state index is 0.160. The average Bonchev–Trinajstić information content (AvgIpc) is 3.05. The fourth-order valence-corrected chi connectivity index (χ4v) is 2.52. The summed E-state index contributed by atoms with van der Waals surface area (Å²) in [6.07, 6.45) is 5.14. The van der Waals surface area contributed by atoms with Crippen molar-refractivity contribution in [1.82, 2.24) is 10.2 Å². The highest BCUT2D eigenvalue weighted by atomic mass is 16.3. The maximum Gasteiger partial charge on any atom is 0.247 e. The van der Waals surface area contributed by atoms with E-state index >= 15 is 0 Å². The largest absolute Gasteiger partial charge is 0.467 e. The smallest absolute Gasteiger partial charge is 0.247 e. The number of carbonyl (C=O) groups is 1. The standard InChI is InChI=1S/C13H18N2O2/c1-14-11-12-10(5-7-17-12)4-6-15(13(11)16)8-9-2-3-9/h5,7,9,11,14H,2-4,6,8H2,1H3. The second-order valence-electron chi connectivity index (χ2n) is 5.01. The molecule has 0 radical (unpaired) electrons. The minimum Gasteiger partial charge on any atom is -0.467 e. The van der Waals surface area contributed by atoms with Crippen LogP contribution in [0, 0.1) is 5.92 Å². The first-order valence-corrected chi connectivity index (χ1v) is 6.32. The quantitative estimate of drug-likeness (QED) is 0.858. The zero-order valence-corrected chi connectivity index (χ0v) is 10.1. The SMILES string of the molecule is CNC1C(=O)N(CC2CC2)CCc2ccoc21. The van der Waals surface area contributed by atoms with Crippen LogP contribution in [-0.2, 0) is 11.2 Å². The van der Waals surface area contributed by atoms with E-state index in [-0.39, 0.29) is 11.9 Å². The highest BCUT2D eigenvalue weighted by Gasteiger charge is 2.35. The molecule has 0 aromatic carbocycles. The van der Waals surface area contributed by atoms with E-state index in [1.807, 2.05) is 18.0 Å². The summed E-state index contributed by atoms with van der Waals surface area (Å²) in [6.45, 7) is 1.74. The number of amides is 1. The van der Waals surface area contributed by atoms with E-state index in [0.717, 1.165) is 36.8 Å². The number of hydrogen-bond donors (Lipinski definition) is 1. The van der Waals surface area contributed by atoms with E-state index < -0.39 is 0 Å². The summed E-state index contributed by atoms with van der Waals surface area (Å²) in [6, 6.07) is 1.68.